The van der Waals surface area contributed by atoms with Crippen molar-refractivity contribution in [1.29, 1.82) is 0 Å². The molecule has 0 aliphatic carbocycles. The van der Waals surface area contributed by atoms with E-state index in [1.807, 2.05) is 13.8 Å². The molecule has 0 radical (unpaired) electrons. The van der Waals surface area contributed by atoms with Crippen LogP contribution in [0.2, 0.25) is 0 Å². The van der Waals surface area contributed by atoms with Crippen LogP contribution in [0.3, 0.4) is 0 Å². The Morgan fingerprint density at radius 3 is 2.41 bits per heavy atom. The zero-order valence-corrected chi connectivity index (χ0v) is 22.9. The van der Waals surface area contributed by atoms with Gasteiger partial charge >= 0.3 is 5.69 Å². The highest BCUT2D eigenvalue weighted by Gasteiger charge is 2.34. The van der Waals surface area contributed by atoms with E-state index in [4.69, 9.17) is 4.52 Å². The van der Waals surface area contributed by atoms with E-state index in [0.29, 0.717) is 54.6 Å². The lowest BCUT2D eigenvalue weighted by Gasteiger charge is -2.31. The summed E-state index contributed by atoms with van der Waals surface area (Å²) in [6.07, 6.45) is 4.45. The average Bonchev–Trinajstić information content (AvgIpc) is 3.44. The molecule has 5 rings (SSSR count). The number of piperidine rings is 1. The molecule has 0 amide bonds. The van der Waals surface area contributed by atoms with Gasteiger partial charge in [-0.3, -0.25) is 9.13 Å². The molecule has 206 valence electrons. The molecule has 1 saturated heterocycles. The summed E-state index contributed by atoms with van der Waals surface area (Å²) in [4.78, 5) is 22.4. The van der Waals surface area contributed by atoms with E-state index in [9.17, 15) is 17.6 Å². The van der Waals surface area contributed by atoms with E-state index in [2.05, 4.69) is 20.4 Å². The fourth-order valence-electron chi connectivity index (χ4n) is 4.82. The molecule has 3 aromatic heterocycles. The minimum Gasteiger partial charge on any atom is -0.360 e. The number of imidazole rings is 1. The van der Waals surface area contributed by atoms with Crippen LogP contribution in [-0.2, 0) is 10.0 Å². The third-order valence-electron chi connectivity index (χ3n) is 6.83. The molecule has 1 aliphatic heterocycles. The number of anilines is 1. The van der Waals surface area contributed by atoms with Gasteiger partial charge in [0.05, 0.1) is 17.1 Å². The molecule has 1 aliphatic rings. The van der Waals surface area contributed by atoms with Crippen LogP contribution < -0.4 is 11.0 Å². The summed E-state index contributed by atoms with van der Waals surface area (Å²) in [5.74, 6) is 0.258. The van der Waals surface area contributed by atoms with Crippen molar-refractivity contribution in [3.05, 3.63) is 70.5 Å². The molecule has 11 nitrogen and oxygen atoms in total. The van der Waals surface area contributed by atoms with Gasteiger partial charge in [0, 0.05) is 37.6 Å². The summed E-state index contributed by atoms with van der Waals surface area (Å²) in [5, 5.41) is 7.09. The number of aryl methyl sites for hydroxylation is 2. The maximum absolute atomic E-state index is 13.6. The maximum atomic E-state index is 13.6. The molecule has 4 aromatic rings. The van der Waals surface area contributed by atoms with Gasteiger partial charge < -0.3 is 9.84 Å². The molecule has 39 heavy (non-hydrogen) atoms. The Morgan fingerprint density at radius 1 is 1.10 bits per heavy atom. The predicted molar refractivity (Wildman–Crippen MR) is 143 cm³/mol. The highest BCUT2D eigenvalue weighted by molar-refractivity contribution is 7.89. The summed E-state index contributed by atoms with van der Waals surface area (Å²) >= 11 is 0. The van der Waals surface area contributed by atoms with Crippen molar-refractivity contribution in [2.45, 2.75) is 57.5 Å². The molecule has 4 heterocycles. The minimum atomic E-state index is -3.70. The second-order valence-electron chi connectivity index (χ2n) is 9.85. The van der Waals surface area contributed by atoms with E-state index < -0.39 is 15.8 Å². The van der Waals surface area contributed by atoms with Gasteiger partial charge in [0.15, 0.2) is 5.76 Å². The fourth-order valence-corrected chi connectivity index (χ4v) is 6.58. The van der Waals surface area contributed by atoms with Crippen LogP contribution in [0.5, 0.6) is 0 Å². The van der Waals surface area contributed by atoms with Crippen molar-refractivity contribution in [1.82, 2.24) is 28.6 Å². The van der Waals surface area contributed by atoms with Crippen molar-refractivity contribution >= 4 is 16.0 Å². The first-order valence-corrected chi connectivity index (χ1v) is 14.1. The van der Waals surface area contributed by atoms with E-state index in [1.54, 1.807) is 49.0 Å². The average molecular weight is 556 g/mol. The number of rotatable bonds is 7. The Labute approximate surface area is 225 Å². The van der Waals surface area contributed by atoms with Gasteiger partial charge in [-0.05, 0) is 70.9 Å². The lowest BCUT2D eigenvalue weighted by molar-refractivity contribution is 0.328. The van der Waals surface area contributed by atoms with Crippen LogP contribution in [-0.4, -0.2) is 56.1 Å². The van der Waals surface area contributed by atoms with Crippen molar-refractivity contribution in [3.63, 3.8) is 0 Å². The minimum absolute atomic E-state index is 0.0454. The fraction of sp³-hybridized carbons (Fsp3) is 0.385. The van der Waals surface area contributed by atoms with Crippen molar-refractivity contribution in [2.75, 3.05) is 18.4 Å². The van der Waals surface area contributed by atoms with Crippen molar-refractivity contribution in [2.24, 2.45) is 0 Å². The molecule has 0 unspecified atom stereocenters. The molecule has 1 aromatic carbocycles. The molecule has 0 atom stereocenters. The van der Waals surface area contributed by atoms with E-state index in [-0.39, 0.29) is 28.4 Å². The number of aromatic nitrogens is 5. The van der Waals surface area contributed by atoms with Gasteiger partial charge in [0.1, 0.15) is 16.4 Å². The quantitative estimate of drug-likeness (QED) is 0.366. The Kier molecular flexibility index (Phi) is 7.12. The predicted octanol–water partition coefficient (Wildman–Crippen LogP) is 3.69. The third-order valence-corrected chi connectivity index (χ3v) is 8.97. The number of halogens is 1. The molecule has 0 bridgehead atoms. The standard InChI is InChI=1S/C26H30FN7O4S/c1-16(2)33-15-23(34(26(33)35)21-7-5-19(27)6-8-21)22-9-12-28-25(30-22)29-20-10-13-32(14-11-20)39(36,37)24-17(3)31-38-18(24)4/h5-9,12,15-16,20H,10-11,13-14H2,1-4H3,(H,28,29,30). The van der Waals surface area contributed by atoms with Crippen LogP contribution in [0.25, 0.3) is 17.1 Å². The first kappa shape index (κ1) is 26.8. The van der Waals surface area contributed by atoms with Crippen molar-refractivity contribution in [3.8, 4) is 17.1 Å². The highest BCUT2D eigenvalue weighted by Crippen LogP contribution is 2.27. The van der Waals surface area contributed by atoms with E-state index >= 15 is 0 Å². The summed E-state index contributed by atoms with van der Waals surface area (Å²) < 4.78 is 49.4. The lowest BCUT2D eigenvalue weighted by Crippen LogP contribution is -2.42. The molecule has 1 fully saturated rings. The van der Waals surface area contributed by atoms with Gasteiger partial charge in [-0.15, -0.1) is 0 Å². The van der Waals surface area contributed by atoms with Crippen LogP contribution in [0, 0.1) is 19.7 Å². The largest absolute Gasteiger partial charge is 0.360 e. The molecule has 1 N–H and O–H groups in total. The Hall–Kier alpha value is -3.84. The molecular formula is C26H30FN7O4S. The van der Waals surface area contributed by atoms with Crippen LogP contribution >= 0.6 is 0 Å². The molecular weight excluding hydrogens is 525 g/mol. The highest BCUT2D eigenvalue weighted by atomic mass is 32.2. The Balaban J connectivity index is 1.36. The second kappa shape index (κ2) is 10.4. The normalized spacial score (nSPS) is 15.2. The summed E-state index contributed by atoms with van der Waals surface area (Å²) in [7, 11) is -3.70. The van der Waals surface area contributed by atoms with E-state index in [0.717, 1.165) is 0 Å². The first-order chi connectivity index (χ1) is 18.6. The maximum Gasteiger partial charge on any atom is 0.333 e. The molecule has 13 heteroatoms. The number of benzene rings is 1. The third kappa shape index (κ3) is 5.11. The van der Waals surface area contributed by atoms with Crippen LogP contribution in [0.1, 0.15) is 44.2 Å². The zero-order chi connectivity index (χ0) is 27.9. The summed E-state index contributed by atoms with van der Waals surface area (Å²) in [5.41, 5.74) is 1.68. The van der Waals surface area contributed by atoms with Gasteiger partial charge in [-0.25, -0.2) is 27.6 Å². The molecule has 0 saturated carbocycles. The van der Waals surface area contributed by atoms with Gasteiger partial charge in [0.2, 0.25) is 16.0 Å². The van der Waals surface area contributed by atoms with Crippen LogP contribution in [0.15, 0.2) is 56.9 Å². The van der Waals surface area contributed by atoms with E-state index in [1.165, 1.54) is 21.0 Å². The summed E-state index contributed by atoms with van der Waals surface area (Å²) in [6, 6.07) is 7.29. The zero-order valence-electron chi connectivity index (χ0n) is 22.1. The Morgan fingerprint density at radius 2 is 1.79 bits per heavy atom. The number of nitrogens with zero attached hydrogens (tertiary/aromatic N) is 6. The molecule has 0 spiro atoms. The number of hydrogen-bond acceptors (Lipinski definition) is 8. The SMILES string of the molecule is Cc1noc(C)c1S(=O)(=O)N1CCC(Nc2nccc(-c3cn(C(C)C)c(=O)n3-c3ccc(F)cc3)n2)CC1. The smallest absolute Gasteiger partial charge is 0.333 e. The lowest BCUT2D eigenvalue weighted by atomic mass is 10.1. The van der Waals surface area contributed by atoms with Gasteiger partial charge in [0.25, 0.3) is 0 Å². The van der Waals surface area contributed by atoms with Gasteiger partial charge in [-0.1, -0.05) is 5.16 Å². The number of sulfonamides is 1. The number of hydrogen-bond donors (Lipinski definition) is 1. The van der Waals surface area contributed by atoms with Crippen molar-refractivity contribution < 1.29 is 17.3 Å². The Bertz CT molecular complexity index is 1630. The first-order valence-electron chi connectivity index (χ1n) is 12.7. The monoisotopic (exact) mass is 555 g/mol. The summed E-state index contributed by atoms with van der Waals surface area (Å²) in [6.45, 7) is 7.68. The number of nitrogens with one attached hydrogen (secondary N) is 1. The second-order valence-corrected chi connectivity index (χ2v) is 11.7. The topological polar surface area (TPSA) is 128 Å². The van der Waals surface area contributed by atoms with Gasteiger partial charge in [-0.2, -0.15) is 4.31 Å². The van der Waals surface area contributed by atoms with Crippen LogP contribution in [0.4, 0.5) is 10.3 Å².